The van der Waals surface area contributed by atoms with Crippen LogP contribution in [-0.4, -0.2) is 35.5 Å². The molecular weight excluding hydrogens is 118 g/mol. The first kappa shape index (κ1) is 8.88. The maximum atomic E-state index is 8.38. The number of aliphatic hydroxyl groups is 2. The van der Waals surface area contributed by atoms with Crippen molar-refractivity contribution in [3.05, 3.63) is 0 Å². The normalized spacial score (nSPS) is 21.3. The monoisotopic (exact) mass is 133 g/mol. The minimum Gasteiger partial charge on any atom is -0.391 e. The van der Waals surface area contributed by atoms with Gasteiger partial charge in [-0.05, 0) is 13.8 Å². The predicted octanol–water partition coefficient (Wildman–Crippen LogP) is -0.662. The van der Waals surface area contributed by atoms with Crippen molar-refractivity contribution in [1.29, 1.82) is 0 Å². The van der Waals surface area contributed by atoms with E-state index in [1.165, 1.54) is 13.1 Å². The Labute approximate surface area is 55.7 Å². The van der Waals surface area contributed by atoms with Gasteiger partial charge >= 0.3 is 0 Å². The second-order valence-electron chi connectivity index (χ2n) is 2.23. The summed E-state index contributed by atoms with van der Waals surface area (Å²) in [6.45, 7) is 5.59. The van der Waals surface area contributed by atoms with Gasteiger partial charge in [-0.15, -0.1) is 0 Å². The first-order chi connectivity index (χ1) is 4.14. The van der Waals surface area contributed by atoms with Crippen LogP contribution in [0.1, 0.15) is 13.8 Å². The van der Waals surface area contributed by atoms with E-state index in [0.29, 0.717) is 0 Å². The predicted molar refractivity (Wildman–Crippen MR) is 36.2 cm³/mol. The molecule has 3 nitrogen and oxygen atoms in total. The summed E-state index contributed by atoms with van der Waals surface area (Å²) in [7, 11) is 0. The maximum absolute atomic E-state index is 8.38. The quantitative estimate of drug-likeness (QED) is 0.416. The minimum absolute atomic E-state index is 0.593. The van der Waals surface area contributed by atoms with Gasteiger partial charge in [0.05, 0.1) is 12.2 Å². The highest BCUT2D eigenvalue weighted by Crippen LogP contribution is 1.85. The molecule has 1 heterocycles. The van der Waals surface area contributed by atoms with E-state index in [9.17, 15) is 0 Å². The van der Waals surface area contributed by atoms with Crippen LogP contribution in [0.15, 0.2) is 0 Å². The summed E-state index contributed by atoms with van der Waals surface area (Å²) in [4.78, 5) is 0. The highest BCUT2D eigenvalue weighted by atomic mass is 16.3. The molecule has 1 aliphatic rings. The third kappa shape index (κ3) is 11.4. The van der Waals surface area contributed by atoms with Crippen LogP contribution in [0.2, 0.25) is 0 Å². The van der Waals surface area contributed by atoms with Crippen LogP contribution in [0.25, 0.3) is 0 Å². The van der Waals surface area contributed by atoms with Crippen molar-refractivity contribution < 1.29 is 10.2 Å². The van der Waals surface area contributed by atoms with Gasteiger partial charge < -0.3 is 15.5 Å². The Morgan fingerprint density at radius 2 is 1.33 bits per heavy atom. The number of hydrogen-bond acceptors (Lipinski definition) is 3. The van der Waals surface area contributed by atoms with Gasteiger partial charge in [0, 0.05) is 13.1 Å². The van der Waals surface area contributed by atoms with Crippen molar-refractivity contribution in [3.63, 3.8) is 0 Å². The van der Waals surface area contributed by atoms with E-state index >= 15 is 0 Å². The second-order valence-corrected chi connectivity index (χ2v) is 2.23. The van der Waals surface area contributed by atoms with Crippen molar-refractivity contribution in [2.45, 2.75) is 26.1 Å². The highest BCUT2D eigenvalue weighted by Gasteiger charge is 1.99. The van der Waals surface area contributed by atoms with Crippen LogP contribution in [0.5, 0.6) is 0 Å². The third-order valence-electron chi connectivity index (χ3n) is 0.948. The third-order valence-corrected chi connectivity index (χ3v) is 0.948. The fourth-order valence-electron chi connectivity index (χ4n) is 0. The molecule has 3 heteroatoms. The molecule has 1 rings (SSSR count). The van der Waals surface area contributed by atoms with Crippen molar-refractivity contribution in [3.8, 4) is 0 Å². The average Bonchev–Trinajstić information content (AvgIpc) is 2.46. The molecule has 1 aliphatic heterocycles. The molecule has 1 fully saturated rings. The minimum atomic E-state index is -0.593. The molecule has 2 unspecified atom stereocenters. The molecule has 0 amide bonds. The molecule has 9 heavy (non-hydrogen) atoms. The van der Waals surface area contributed by atoms with E-state index < -0.39 is 12.2 Å². The Morgan fingerprint density at radius 3 is 1.33 bits per heavy atom. The van der Waals surface area contributed by atoms with Crippen molar-refractivity contribution in [2.75, 3.05) is 13.1 Å². The fraction of sp³-hybridized carbons (Fsp3) is 1.00. The lowest BCUT2D eigenvalue weighted by Crippen LogP contribution is -2.17. The van der Waals surface area contributed by atoms with Crippen LogP contribution in [0.4, 0.5) is 0 Å². The Kier molecular flexibility index (Phi) is 4.67. The molecule has 0 aromatic rings. The number of nitrogens with one attached hydrogen (secondary N) is 1. The van der Waals surface area contributed by atoms with Gasteiger partial charge in [-0.2, -0.15) is 0 Å². The summed E-state index contributed by atoms with van der Waals surface area (Å²) in [5.41, 5.74) is 0. The van der Waals surface area contributed by atoms with Gasteiger partial charge in [0.2, 0.25) is 0 Å². The zero-order valence-electron chi connectivity index (χ0n) is 5.96. The fourth-order valence-corrected chi connectivity index (χ4v) is 0. The first-order valence-electron chi connectivity index (χ1n) is 3.21. The van der Waals surface area contributed by atoms with E-state index in [-0.39, 0.29) is 0 Å². The van der Waals surface area contributed by atoms with Gasteiger partial charge in [-0.25, -0.2) is 0 Å². The van der Waals surface area contributed by atoms with E-state index in [4.69, 9.17) is 10.2 Å². The molecule has 0 aromatic carbocycles. The topological polar surface area (TPSA) is 62.4 Å². The molecule has 1 saturated heterocycles. The summed E-state index contributed by atoms with van der Waals surface area (Å²) < 4.78 is 0. The van der Waals surface area contributed by atoms with Crippen LogP contribution in [0.3, 0.4) is 0 Å². The lowest BCUT2D eigenvalue weighted by atomic mass is 10.3. The lowest BCUT2D eigenvalue weighted by molar-refractivity contribution is 0.0438. The summed E-state index contributed by atoms with van der Waals surface area (Å²) in [6, 6.07) is 0. The summed E-state index contributed by atoms with van der Waals surface area (Å²) >= 11 is 0. The van der Waals surface area contributed by atoms with Crippen LogP contribution >= 0.6 is 0 Å². The van der Waals surface area contributed by atoms with E-state index in [0.717, 1.165) is 0 Å². The largest absolute Gasteiger partial charge is 0.391 e. The Morgan fingerprint density at radius 1 is 1.11 bits per heavy atom. The van der Waals surface area contributed by atoms with Crippen molar-refractivity contribution >= 4 is 0 Å². The summed E-state index contributed by atoms with van der Waals surface area (Å²) in [5, 5.41) is 19.8. The molecule has 56 valence electrons. The highest BCUT2D eigenvalue weighted by molar-refractivity contribution is 4.58. The Balaban J connectivity index is 0.000000173. The smallest absolute Gasteiger partial charge is 0.0768 e. The first-order valence-corrected chi connectivity index (χ1v) is 3.21. The molecule has 0 bridgehead atoms. The Hall–Kier alpha value is -0.120. The summed E-state index contributed by atoms with van der Waals surface area (Å²) in [6.07, 6.45) is -1.19. The standard InChI is InChI=1S/C4H10O2.C2H5N/c1-3(5)4(2)6;1-2-3-1/h3-6H,1-2H3;3H,1-2H2. The molecule has 0 spiro atoms. The molecule has 0 radical (unpaired) electrons. The average molecular weight is 133 g/mol. The SMILES string of the molecule is C1CN1.CC(O)C(C)O. The van der Waals surface area contributed by atoms with Gasteiger partial charge in [0.25, 0.3) is 0 Å². The van der Waals surface area contributed by atoms with E-state index in [1.54, 1.807) is 13.8 Å². The second kappa shape index (κ2) is 4.73. The zero-order valence-corrected chi connectivity index (χ0v) is 5.96. The molecule has 2 atom stereocenters. The number of hydrogen-bond donors (Lipinski definition) is 3. The Bertz CT molecular complexity index is 53.3. The lowest BCUT2D eigenvalue weighted by Gasteiger charge is -2.03. The van der Waals surface area contributed by atoms with Gasteiger partial charge in [-0.1, -0.05) is 0 Å². The van der Waals surface area contributed by atoms with Gasteiger partial charge in [0.1, 0.15) is 0 Å². The van der Waals surface area contributed by atoms with Gasteiger partial charge in [-0.3, -0.25) is 0 Å². The van der Waals surface area contributed by atoms with E-state index in [1.807, 2.05) is 0 Å². The van der Waals surface area contributed by atoms with Crippen LogP contribution < -0.4 is 5.32 Å². The maximum Gasteiger partial charge on any atom is 0.0768 e. The molecule has 3 N–H and O–H groups in total. The number of rotatable bonds is 1. The number of aliphatic hydroxyl groups excluding tert-OH is 2. The molecule has 0 saturated carbocycles. The van der Waals surface area contributed by atoms with Gasteiger partial charge in [0.15, 0.2) is 0 Å². The summed E-state index contributed by atoms with van der Waals surface area (Å²) in [5.74, 6) is 0. The molecular formula is C6H15NO2. The van der Waals surface area contributed by atoms with Crippen molar-refractivity contribution in [1.82, 2.24) is 5.32 Å². The zero-order chi connectivity index (χ0) is 7.28. The van der Waals surface area contributed by atoms with Crippen LogP contribution in [0, 0.1) is 0 Å². The van der Waals surface area contributed by atoms with Crippen LogP contribution in [-0.2, 0) is 0 Å². The van der Waals surface area contributed by atoms with Crippen molar-refractivity contribution in [2.24, 2.45) is 0 Å². The molecule has 0 aromatic heterocycles. The molecule has 0 aliphatic carbocycles. The van der Waals surface area contributed by atoms with E-state index in [2.05, 4.69) is 5.32 Å².